The van der Waals surface area contributed by atoms with Gasteiger partial charge < -0.3 is 5.73 Å². The normalized spacial score (nSPS) is 18.7. The number of aryl methyl sites for hydroxylation is 1. The highest BCUT2D eigenvalue weighted by atomic mass is 15.0. The molecule has 0 saturated carbocycles. The third-order valence-electron chi connectivity index (χ3n) is 3.42. The van der Waals surface area contributed by atoms with Gasteiger partial charge in [-0.3, -0.25) is 0 Å². The topological polar surface area (TPSA) is 51.8 Å². The van der Waals surface area contributed by atoms with Crippen molar-refractivity contribution in [2.75, 3.05) is 5.73 Å². The molecule has 17 heavy (non-hydrogen) atoms. The lowest BCUT2D eigenvalue weighted by atomic mass is 9.81. The summed E-state index contributed by atoms with van der Waals surface area (Å²) in [5.41, 5.74) is 9.55. The smallest absolute Gasteiger partial charge is 0.220 e. The molecule has 3 nitrogen and oxygen atoms in total. The number of hydrogen-bond acceptors (Lipinski definition) is 3. The number of benzene rings is 1. The number of hydrogen-bond donors (Lipinski definition) is 1. The summed E-state index contributed by atoms with van der Waals surface area (Å²) in [6, 6.07) is 10.6. The largest absolute Gasteiger partial charge is 0.368 e. The second kappa shape index (κ2) is 4.17. The molecule has 0 aliphatic heterocycles. The number of nitrogens with zero attached hydrogens (tertiary/aromatic N) is 2. The van der Waals surface area contributed by atoms with Gasteiger partial charge in [-0.15, -0.1) is 0 Å². The molecule has 0 spiro atoms. The van der Waals surface area contributed by atoms with Crippen molar-refractivity contribution in [2.45, 2.75) is 25.2 Å². The van der Waals surface area contributed by atoms with Gasteiger partial charge >= 0.3 is 0 Å². The van der Waals surface area contributed by atoms with Crippen molar-refractivity contribution in [1.29, 1.82) is 0 Å². The van der Waals surface area contributed by atoms with Crippen molar-refractivity contribution in [3.63, 3.8) is 0 Å². The number of nitrogens with two attached hydrogens (primary N) is 1. The first-order chi connectivity index (χ1) is 8.34. The van der Waals surface area contributed by atoms with Crippen molar-refractivity contribution in [1.82, 2.24) is 9.97 Å². The van der Waals surface area contributed by atoms with Crippen LogP contribution in [-0.2, 0) is 6.42 Å². The summed E-state index contributed by atoms with van der Waals surface area (Å²) in [5, 5.41) is 0. The van der Waals surface area contributed by atoms with E-state index in [9.17, 15) is 0 Å². The van der Waals surface area contributed by atoms with E-state index in [0.29, 0.717) is 11.9 Å². The van der Waals surface area contributed by atoms with Gasteiger partial charge in [-0.25, -0.2) is 9.97 Å². The molecule has 1 atom stereocenters. The first-order valence-corrected chi connectivity index (χ1v) is 6.01. The highest BCUT2D eigenvalue weighted by Gasteiger charge is 2.22. The van der Waals surface area contributed by atoms with E-state index in [1.165, 1.54) is 24.0 Å². The zero-order chi connectivity index (χ0) is 11.7. The number of rotatable bonds is 1. The van der Waals surface area contributed by atoms with Crippen LogP contribution in [0, 0.1) is 0 Å². The fraction of sp³-hybridized carbons (Fsp3) is 0.286. The molecule has 1 aliphatic rings. The van der Waals surface area contributed by atoms with Crippen molar-refractivity contribution in [3.8, 4) is 0 Å². The average Bonchev–Trinajstić information content (AvgIpc) is 2.38. The van der Waals surface area contributed by atoms with Gasteiger partial charge in [-0.1, -0.05) is 24.3 Å². The van der Waals surface area contributed by atoms with Crippen LogP contribution in [0.4, 0.5) is 5.95 Å². The predicted molar refractivity (Wildman–Crippen MR) is 67.7 cm³/mol. The molecule has 86 valence electrons. The Morgan fingerprint density at radius 1 is 1.18 bits per heavy atom. The fourth-order valence-corrected chi connectivity index (χ4v) is 2.64. The molecule has 1 unspecified atom stereocenters. The zero-order valence-electron chi connectivity index (χ0n) is 9.63. The van der Waals surface area contributed by atoms with Crippen LogP contribution in [0.25, 0.3) is 0 Å². The Hall–Kier alpha value is -1.90. The molecule has 1 aliphatic carbocycles. The zero-order valence-corrected chi connectivity index (χ0v) is 9.63. The van der Waals surface area contributed by atoms with Crippen molar-refractivity contribution < 1.29 is 0 Å². The lowest BCUT2D eigenvalue weighted by Crippen LogP contribution is -2.13. The maximum Gasteiger partial charge on any atom is 0.220 e. The highest BCUT2D eigenvalue weighted by Crippen LogP contribution is 2.35. The Balaban J connectivity index is 2.06. The number of fused-ring (bicyclic) bond motifs is 1. The third-order valence-corrected chi connectivity index (χ3v) is 3.42. The first kappa shape index (κ1) is 10.3. The maximum atomic E-state index is 5.66. The quantitative estimate of drug-likeness (QED) is 0.811. The maximum absolute atomic E-state index is 5.66. The van der Waals surface area contributed by atoms with Crippen LogP contribution in [0.15, 0.2) is 36.5 Å². The van der Waals surface area contributed by atoms with Gasteiger partial charge in [0.2, 0.25) is 5.95 Å². The predicted octanol–water partition coefficient (Wildman–Crippen LogP) is 2.53. The van der Waals surface area contributed by atoms with E-state index in [0.717, 1.165) is 12.1 Å². The molecule has 3 rings (SSSR count). The van der Waals surface area contributed by atoms with E-state index in [-0.39, 0.29) is 0 Å². The minimum Gasteiger partial charge on any atom is -0.368 e. The number of aromatic nitrogens is 2. The van der Waals surface area contributed by atoms with Crippen LogP contribution < -0.4 is 5.73 Å². The summed E-state index contributed by atoms with van der Waals surface area (Å²) in [5.74, 6) is 0.746. The Bertz CT molecular complexity index is 536. The Labute approximate surface area is 101 Å². The summed E-state index contributed by atoms with van der Waals surface area (Å²) in [7, 11) is 0. The minimum atomic E-state index is 0.366. The fourth-order valence-electron chi connectivity index (χ4n) is 2.64. The van der Waals surface area contributed by atoms with Crippen LogP contribution in [0.3, 0.4) is 0 Å². The van der Waals surface area contributed by atoms with Gasteiger partial charge in [-0.05, 0) is 36.5 Å². The molecule has 1 aromatic heterocycles. The minimum absolute atomic E-state index is 0.366. The Morgan fingerprint density at radius 2 is 2.06 bits per heavy atom. The first-order valence-electron chi connectivity index (χ1n) is 6.01. The second-order valence-corrected chi connectivity index (χ2v) is 4.48. The Morgan fingerprint density at radius 3 is 2.94 bits per heavy atom. The average molecular weight is 225 g/mol. The van der Waals surface area contributed by atoms with Gasteiger partial charge in [0, 0.05) is 12.1 Å². The number of anilines is 1. The molecule has 0 fully saturated rings. The van der Waals surface area contributed by atoms with Crippen molar-refractivity contribution in [2.24, 2.45) is 0 Å². The van der Waals surface area contributed by atoms with E-state index in [4.69, 9.17) is 5.73 Å². The van der Waals surface area contributed by atoms with Gasteiger partial charge in [0.05, 0.1) is 5.69 Å². The lowest BCUT2D eigenvalue weighted by molar-refractivity contribution is 0.604. The monoisotopic (exact) mass is 225 g/mol. The number of nitrogen functional groups attached to an aromatic ring is 1. The van der Waals surface area contributed by atoms with Crippen LogP contribution >= 0.6 is 0 Å². The molecule has 1 heterocycles. The molecule has 2 N–H and O–H groups in total. The molecule has 3 heteroatoms. The van der Waals surface area contributed by atoms with Crippen molar-refractivity contribution >= 4 is 5.95 Å². The summed E-state index contributed by atoms with van der Waals surface area (Å²) < 4.78 is 0. The van der Waals surface area contributed by atoms with E-state index in [1.54, 1.807) is 6.20 Å². The van der Waals surface area contributed by atoms with E-state index in [1.807, 2.05) is 6.07 Å². The second-order valence-electron chi connectivity index (χ2n) is 4.48. The molecule has 0 bridgehead atoms. The van der Waals surface area contributed by atoms with Crippen molar-refractivity contribution in [3.05, 3.63) is 53.3 Å². The highest BCUT2D eigenvalue weighted by molar-refractivity contribution is 5.38. The Kier molecular flexibility index (Phi) is 2.52. The van der Waals surface area contributed by atoms with E-state index < -0.39 is 0 Å². The van der Waals surface area contributed by atoms with E-state index in [2.05, 4.69) is 34.2 Å². The van der Waals surface area contributed by atoms with Crippen LogP contribution in [0.2, 0.25) is 0 Å². The summed E-state index contributed by atoms with van der Waals surface area (Å²) >= 11 is 0. The molecular formula is C14H15N3. The molecular weight excluding hydrogens is 210 g/mol. The lowest BCUT2D eigenvalue weighted by Gasteiger charge is -2.24. The van der Waals surface area contributed by atoms with Crippen LogP contribution in [0.1, 0.15) is 35.6 Å². The summed E-state index contributed by atoms with van der Waals surface area (Å²) in [6.07, 6.45) is 5.28. The molecule has 1 aromatic carbocycles. The molecule has 0 amide bonds. The molecule has 2 aromatic rings. The third kappa shape index (κ3) is 1.88. The molecule has 0 saturated heterocycles. The van der Waals surface area contributed by atoms with Gasteiger partial charge in [0.15, 0.2) is 0 Å². The van der Waals surface area contributed by atoms with Gasteiger partial charge in [0.25, 0.3) is 0 Å². The summed E-state index contributed by atoms with van der Waals surface area (Å²) in [4.78, 5) is 8.32. The summed E-state index contributed by atoms with van der Waals surface area (Å²) in [6.45, 7) is 0. The van der Waals surface area contributed by atoms with E-state index >= 15 is 0 Å². The van der Waals surface area contributed by atoms with Gasteiger partial charge in [-0.2, -0.15) is 0 Å². The van der Waals surface area contributed by atoms with Crippen LogP contribution in [0.5, 0.6) is 0 Å². The van der Waals surface area contributed by atoms with Crippen LogP contribution in [-0.4, -0.2) is 9.97 Å². The molecule has 0 radical (unpaired) electrons. The standard InChI is InChI=1S/C14H15N3/c15-14-16-9-8-13(17-14)12-7-3-5-10-4-1-2-6-11(10)12/h1-2,4,6,8-9,12H,3,5,7H2,(H2,15,16,17). The van der Waals surface area contributed by atoms with Gasteiger partial charge in [0.1, 0.15) is 0 Å². The SMILES string of the molecule is Nc1nccc(C2CCCc3ccccc32)n1.